The molecule has 0 saturated heterocycles. The van der Waals surface area contributed by atoms with E-state index in [0.717, 1.165) is 5.56 Å². The monoisotopic (exact) mass is 438 g/mol. The van der Waals surface area contributed by atoms with E-state index in [1.165, 1.54) is 6.92 Å². The summed E-state index contributed by atoms with van der Waals surface area (Å²) < 4.78 is 0. The lowest BCUT2D eigenvalue weighted by molar-refractivity contribution is -0.142. The Morgan fingerprint density at radius 2 is 1.57 bits per heavy atom. The average Bonchev–Trinajstić information content (AvgIpc) is 2.70. The van der Waals surface area contributed by atoms with Gasteiger partial charge in [0.25, 0.3) is 0 Å². The Balaban J connectivity index is 2.74. The highest BCUT2D eigenvalue weighted by Crippen LogP contribution is 2.05. The van der Waals surface area contributed by atoms with Gasteiger partial charge in [-0.25, -0.2) is 4.79 Å². The SMILES string of the molecule is CC(NC(=O)C(NC(=O)C(N)CS)C(C)C)C(=O)NC(Cc1ccccc1)C(=O)O. The van der Waals surface area contributed by atoms with E-state index in [9.17, 15) is 24.3 Å². The Kier molecular flexibility index (Phi) is 10.3. The third-order valence-electron chi connectivity index (χ3n) is 4.43. The zero-order valence-electron chi connectivity index (χ0n) is 17.3. The van der Waals surface area contributed by atoms with Crippen LogP contribution >= 0.6 is 12.6 Å². The number of aliphatic carboxylic acids is 1. The van der Waals surface area contributed by atoms with Crippen molar-refractivity contribution in [1.82, 2.24) is 16.0 Å². The fourth-order valence-corrected chi connectivity index (χ4v) is 2.76. The van der Waals surface area contributed by atoms with Crippen LogP contribution in [0.3, 0.4) is 0 Å². The molecule has 0 fully saturated rings. The zero-order chi connectivity index (χ0) is 22.8. The second-order valence-corrected chi connectivity index (χ2v) is 7.70. The lowest BCUT2D eigenvalue weighted by Gasteiger charge is -2.25. The predicted molar refractivity (Wildman–Crippen MR) is 116 cm³/mol. The molecule has 0 aromatic heterocycles. The van der Waals surface area contributed by atoms with Crippen LogP contribution in [0.5, 0.6) is 0 Å². The standard InChI is InChI=1S/C20H30N4O5S/c1-11(2)16(24-18(26)14(21)10-30)19(27)22-12(3)17(25)23-15(20(28)29)9-13-7-5-4-6-8-13/h4-8,11-12,14-16,30H,9-10,21H2,1-3H3,(H,22,27)(H,23,25)(H,24,26)(H,28,29). The van der Waals surface area contributed by atoms with Gasteiger partial charge in [0.1, 0.15) is 18.1 Å². The van der Waals surface area contributed by atoms with Gasteiger partial charge in [-0.2, -0.15) is 12.6 Å². The number of carbonyl (C=O) groups excluding carboxylic acids is 3. The van der Waals surface area contributed by atoms with Crippen molar-refractivity contribution in [1.29, 1.82) is 0 Å². The molecule has 0 saturated carbocycles. The van der Waals surface area contributed by atoms with Crippen molar-refractivity contribution in [2.24, 2.45) is 11.7 Å². The largest absolute Gasteiger partial charge is 0.480 e. The van der Waals surface area contributed by atoms with E-state index in [-0.39, 0.29) is 18.1 Å². The second kappa shape index (κ2) is 12.2. The van der Waals surface area contributed by atoms with Crippen LogP contribution in [-0.4, -0.2) is 58.7 Å². The molecule has 166 valence electrons. The van der Waals surface area contributed by atoms with Crippen LogP contribution in [0, 0.1) is 5.92 Å². The number of benzene rings is 1. The van der Waals surface area contributed by atoms with Crippen molar-refractivity contribution < 1.29 is 24.3 Å². The highest BCUT2D eigenvalue weighted by atomic mass is 32.1. The van der Waals surface area contributed by atoms with E-state index in [1.54, 1.807) is 38.1 Å². The lowest BCUT2D eigenvalue weighted by atomic mass is 10.0. The molecule has 1 aromatic carbocycles. The second-order valence-electron chi connectivity index (χ2n) is 7.34. The van der Waals surface area contributed by atoms with Crippen molar-refractivity contribution in [3.05, 3.63) is 35.9 Å². The van der Waals surface area contributed by atoms with Crippen LogP contribution in [-0.2, 0) is 25.6 Å². The van der Waals surface area contributed by atoms with Gasteiger partial charge in [-0.3, -0.25) is 14.4 Å². The third-order valence-corrected chi connectivity index (χ3v) is 4.82. The molecule has 0 aliphatic rings. The molecule has 0 aliphatic carbocycles. The summed E-state index contributed by atoms with van der Waals surface area (Å²) in [4.78, 5) is 48.5. The fraction of sp³-hybridized carbons (Fsp3) is 0.500. The molecule has 10 heteroatoms. The van der Waals surface area contributed by atoms with Crippen LogP contribution < -0.4 is 21.7 Å². The van der Waals surface area contributed by atoms with E-state index in [4.69, 9.17) is 5.73 Å². The minimum Gasteiger partial charge on any atom is -0.480 e. The first kappa shape index (κ1) is 25.4. The van der Waals surface area contributed by atoms with Gasteiger partial charge < -0.3 is 26.8 Å². The first-order valence-electron chi connectivity index (χ1n) is 9.61. The number of carbonyl (C=O) groups is 4. The normalized spacial score (nSPS) is 14.9. The summed E-state index contributed by atoms with van der Waals surface area (Å²) in [7, 11) is 0. The number of amides is 3. The summed E-state index contributed by atoms with van der Waals surface area (Å²) in [5, 5.41) is 16.9. The molecule has 1 rings (SSSR count). The maximum Gasteiger partial charge on any atom is 0.326 e. The number of carboxylic acid groups (broad SMARTS) is 1. The number of nitrogens with two attached hydrogens (primary N) is 1. The first-order chi connectivity index (χ1) is 14.1. The Morgan fingerprint density at radius 3 is 2.07 bits per heavy atom. The van der Waals surface area contributed by atoms with Crippen molar-refractivity contribution in [2.75, 3.05) is 5.75 Å². The van der Waals surface area contributed by atoms with Crippen LogP contribution in [0.15, 0.2) is 30.3 Å². The van der Waals surface area contributed by atoms with Crippen molar-refractivity contribution in [3.63, 3.8) is 0 Å². The Hall–Kier alpha value is -2.59. The van der Waals surface area contributed by atoms with Crippen molar-refractivity contribution >= 4 is 36.3 Å². The van der Waals surface area contributed by atoms with E-state index in [2.05, 4.69) is 28.6 Å². The lowest BCUT2D eigenvalue weighted by Crippen LogP contribution is -2.58. The Labute approximate surface area is 181 Å². The highest BCUT2D eigenvalue weighted by Gasteiger charge is 2.29. The predicted octanol–water partition coefficient (Wildman–Crippen LogP) is -0.299. The van der Waals surface area contributed by atoms with Crippen LogP contribution in [0.2, 0.25) is 0 Å². The van der Waals surface area contributed by atoms with Crippen LogP contribution in [0.25, 0.3) is 0 Å². The molecule has 30 heavy (non-hydrogen) atoms. The molecule has 4 unspecified atom stereocenters. The number of rotatable bonds is 11. The average molecular weight is 439 g/mol. The van der Waals surface area contributed by atoms with Crippen molar-refractivity contribution in [3.8, 4) is 0 Å². The van der Waals surface area contributed by atoms with Gasteiger partial charge in [0.15, 0.2) is 0 Å². The first-order valence-corrected chi connectivity index (χ1v) is 10.2. The quantitative estimate of drug-likeness (QED) is 0.261. The number of carboxylic acids is 1. The molecule has 9 nitrogen and oxygen atoms in total. The van der Waals surface area contributed by atoms with E-state index < -0.39 is 47.9 Å². The summed E-state index contributed by atoms with van der Waals surface area (Å²) in [5.74, 6) is -3.06. The van der Waals surface area contributed by atoms with Crippen LogP contribution in [0.1, 0.15) is 26.3 Å². The smallest absolute Gasteiger partial charge is 0.326 e. The minimum absolute atomic E-state index is 0.106. The molecule has 3 amide bonds. The molecule has 0 bridgehead atoms. The zero-order valence-corrected chi connectivity index (χ0v) is 18.2. The molecule has 4 atom stereocenters. The number of nitrogens with one attached hydrogen (secondary N) is 3. The summed E-state index contributed by atoms with van der Waals surface area (Å²) in [6.07, 6.45) is 0.106. The van der Waals surface area contributed by atoms with Gasteiger partial charge in [0.2, 0.25) is 17.7 Å². The van der Waals surface area contributed by atoms with Gasteiger partial charge >= 0.3 is 5.97 Å². The number of thiol groups is 1. The Bertz CT molecular complexity index is 744. The number of hydrogen-bond donors (Lipinski definition) is 6. The highest BCUT2D eigenvalue weighted by molar-refractivity contribution is 7.80. The molecule has 0 radical (unpaired) electrons. The summed E-state index contributed by atoms with van der Waals surface area (Å²) in [5.41, 5.74) is 6.38. The fourth-order valence-electron chi connectivity index (χ4n) is 2.59. The molecule has 0 aliphatic heterocycles. The molecule has 0 heterocycles. The molecular weight excluding hydrogens is 408 g/mol. The topological polar surface area (TPSA) is 151 Å². The van der Waals surface area contributed by atoms with Gasteiger partial charge in [-0.15, -0.1) is 0 Å². The summed E-state index contributed by atoms with van der Waals surface area (Å²) in [6.45, 7) is 4.91. The van der Waals surface area contributed by atoms with Crippen LogP contribution in [0.4, 0.5) is 0 Å². The Morgan fingerprint density at radius 1 is 0.967 bits per heavy atom. The third kappa shape index (κ3) is 8.03. The molecule has 6 N–H and O–H groups in total. The van der Waals surface area contributed by atoms with Gasteiger partial charge in [0.05, 0.1) is 6.04 Å². The van der Waals surface area contributed by atoms with Gasteiger partial charge in [0, 0.05) is 12.2 Å². The molecule has 0 spiro atoms. The minimum atomic E-state index is -1.18. The molecular formula is C20H30N4O5S. The maximum atomic E-state index is 12.6. The van der Waals surface area contributed by atoms with Gasteiger partial charge in [-0.1, -0.05) is 44.2 Å². The summed E-state index contributed by atoms with van der Waals surface area (Å²) in [6, 6.07) is 4.97. The summed E-state index contributed by atoms with van der Waals surface area (Å²) >= 11 is 3.96. The van der Waals surface area contributed by atoms with Gasteiger partial charge in [-0.05, 0) is 18.4 Å². The maximum absolute atomic E-state index is 12.6. The van der Waals surface area contributed by atoms with E-state index in [1.807, 2.05) is 6.07 Å². The molecule has 1 aromatic rings. The van der Waals surface area contributed by atoms with E-state index in [0.29, 0.717) is 0 Å². The number of hydrogen-bond acceptors (Lipinski definition) is 6. The van der Waals surface area contributed by atoms with E-state index >= 15 is 0 Å². The van der Waals surface area contributed by atoms with Crippen molar-refractivity contribution in [2.45, 2.75) is 51.4 Å².